The molecule has 190 valence electrons. The van der Waals surface area contributed by atoms with E-state index in [9.17, 15) is 4.79 Å². The van der Waals surface area contributed by atoms with E-state index in [1.807, 2.05) is 60.7 Å². The Kier molecular flexibility index (Phi) is 6.86. The molecule has 2 aliphatic heterocycles. The number of hydrogen-bond acceptors (Lipinski definition) is 5. The minimum Gasteiger partial charge on any atom is -0.497 e. The number of para-hydroxylation sites is 1. The Morgan fingerprint density at radius 3 is 2.51 bits per heavy atom. The van der Waals surface area contributed by atoms with E-state index < -0.39 is 0 Å². The highest BCUT2D eigenvalue weighted by atomic mass is 32.2. The summed E-state index contributed by atoms with van der Waals surface area (Å²) in [5, 5.41) is 0.686. The number of rotatable bonds is 5. The number of hydrogen-bond donors (Lipinski definition) is 0. The van der Waals surface area contributed by atoms with Gasteiger partial charge in [0.25, 0.3) is 5.91 Å². The number of thioether (sulfide) groups is 1. The molecule has 0 spiro atoms. The summed E-state index contributed by atoms with van der Waals surface area (Å²) >= 11 is 1.43. The van der Waals surface area contributed by atoms with Gasteiger partial charge in [0, 0.05) is 18.3 Å². The van der Waals surface area contributed by atoms with Gasteiger partial charge in [-0.1, -0.05) is 43.3 Å². The smallest absolute Gasteiger partial charge is 0.267 e. The second-order valence-electron chi connectivity index (χ2n) is 10.4. The number of fused-ring (bicyclic) bond motifs is 1. The largest absolute Gasteiger partial charge is 0.497 e. The van der Waals surface area contributed by atoms with E-state index in [0.29, 0.717) is 22.5 Å². The summed E-state index contributed by atoms with van der Waals surface area (Å²) in [7, 11) is 3.82. The summed E-state index contributed by atoms with van der Waals surface area (Å²) in [6.07, 6.45) is 3.10. The van der Waals surface area contributed by atoms with Gasteiger partial charge in [0.1, 0.15) is 5.75 Å². The quantitative estimate of drug-likeness (QED) is 0.339. The molecule has 0 N–H and O–H groups in total. The van der Waals surface area contributed by atoms with Crippen LogP contribution < -0.4 is 9.64 Å². The lowest BCUT2D eigenvalue weighted by molar-refractivity contribution is -0.122. The number of amidine groups is 1. The molecule has 2 aliphatic rings. The molecule has 6 heteroatoms. The number of nitrogens with zero attached hydrogens (tertiary/aromatic N) is 3. The summed E-state index contributed by atoms with van der Waals surface area (Å²) in [5.74, 6) is 1.22. The highest BCUT2D eigenvalue weighted by Crippen LogP contribution is 2.43. The molecular formula is C31H33N3O2S. The molecule has 0 saturated carbocycles. The number of carbonyl (C=O) groups is 1. The standard InChI is InChI=1S/C31H33N3O2S/c1-21-19-31(2,3)33(4)27-16-13-23(17-26(21)27)18-28-29(35)34(20-22-11-14-25(36-5)15-12-22)30(37-28)32-24-9-7-6-8-10-24/h6-18,21H,19-20H2,1-5H3/b28-18+,32-30?. The van der Waals surface area contributed by atoms with Crippen LogP contribution in [0.15, 0.2) is 82.7 Å². The molecule has 0 aliphatic carbocycles. The summed E-state index contributed by atoms with van der Waals surface area (Å²) in [6, 6.07) is 24.1. The van der Waals surface area contributed by atoms with Crippen molar-refractivity contribution >= 4 is 40.3 Å². The van der Waals surface area contributed by atoms with Crippen molar-refractivity contribution < 1.29 is 9.53 Å². The van der Waals surface area contributed by atoms with E-state index in [-0.39, 0.29) is 11.4 Å². The molecule has 3 aromatic rings. The van der Waals surface area contributed by atoms with Crippen LogP contribution in [0.2, 0.25) is 0 Å². The molecule has 1 atom stereocenters. The van der Waals surface area contributed by atoms with Crippen LogP contribution in [0, 0.1) is 0 Å². The van der Waals surface area contributed by atoms with E-state index >= 15 is 0 Å². The fourth-order valence-corrected chi connectivity index (χ4v) is 6.09. The summed E-state index contributed by atoms with van der Waals surface area (Å²) < 4.78 is 5.29. The predicted molar refractivity (Wildman–Crippen MR) is 155 cm³/mol. The van der Waals surface area contributed by atoms with Crippen LogP contribution in [-0.2, 0) is 11.3 Å². The lowest BCUT2D eigenvalue weighted by Crippen LogP contribution is -2.45. The summed E-state index contributed by atoms with van der Waals surface area (Å²) in [6.45, 7) is 7.32. The van der Waals surface area contributed by atoms with Crippen molar-refractivity contribution in [2.24, 2.45) is 4.99 Å². The molecule has 0 aromatic heterocycles. The monoisotopic (exact) mass is 511 g/mol. The van der Waals surface area contributed by atoms with Crippen molar-refractivity contribution in [3.63, 3.8) is 0 Å². The lowest BCUT2D eigenvalue weighted by atomic mass is 9.80. The molecule has 1 saturated heterocycles. The average molecular weight is 512 g/mol. The first-order valence-electron chi connectivity index (χ1n) is 12.6. The molecule has 37 heavy (non-hydrogen) atoms. The predicted octanol–water partition coefficient (Wildman–Crippen LogP) is 7.22. The van der Waals surface area contributed by atoms with Crippen LogP contribution >= 0.6 is 11.8 Å². The first-order valence-corrected chi connectivity index (χ1v) is 13.4. The number of ether oxygens (including phenoxy) is 1. The van der Waals surface area contributed by atoms with Gasteiger partial charge in [-0.3, -0.25) is 9.69 Å². The minimum atomic E-state index is -0.0282. The maximum Gasteiger partial charge on any atom is 0.267 e. The third-order valence-corrected chi connectivity index (χ3v) is 8.33. The summed E-state index contributed by atoms with van der Waals surface area (Å²) in [5.41, 5.74) is 5.61. The SMILES string of the molecule is COc1ccc(CN2C(=O)/C(=C\c3ccc4c(c3)C(C)CC(C)(C)N4C)SC2=Nc2ccccc2)cc1. The number of anilines is 1. The van der Waals surface area contributed by atoms with Gasteiger partial charge in [0.15, 0.2) is 5.17 Å². The zero-order valence-electron chi connectivity index (χ0n) is 22.1. The molecule has 5 rings (SSSR count). The molecule has 1 unspecified atom stereocenters. The first-order chi connectivity index (χ1) is 17.7. The van der Waals surface area contributed by atoms with Crippen molar-refractivity contribution in [3.05, 3.63) is 94.4 Å². The lowest BCUT2D eigenvalue weighted by Gasteiger charge is -2.45. The molecule has 2 heterocycles. The maximum atomic E-state index is 13.7. The van der Waals surface area contributed by atoms with Gasteiger partial charge in [0.05, 0.1) is 24.2 Å². The Morgan fingerprint density at radius 2 is 1.81 bits per heavy atom. The van der Waals surface area contributed by atoms with Crippen LogP contribution in [0.25, 0.3) is 6.08 Å². The number of benzene rings is 3. The van der Waals surface area contributed by atoms with Crippen LogP contribution in [0.1, 0.15) is 49.8 Å². The van der Waals surface area contributed by atoms with Gasteiger partial charge in [-0.15, -0.1) is 0 Å². The second kappa shape index (κ2) is 10.1. The second-order valence-corrected chi connectivity index (χ2v) is 11.4. The normalized spacial score (nSPS) is 21.0. The van der Waals surface area contributed by atoms with Crippen LogP contribution in [-0.4, -0.2) is 35.7 Å². The first kappa shape index (κ1) is 25.2. The number of methoxy groups -OCH3 is 1. The van der Waals surface area contributed by atoms with Crippen molar-refractivity contribution in [1.82, 2.24) is 4.90 Å². The van der Waals surface area contributed by atoms with Crippen molar-refractivity contribution in [2.45, 2.75) is 45.2 Å². The Balaban J connectivity index is 1.48. The van der Waals surface area contributed by atoms with E-state index in [2.05, 4.69) is 50.9 Å². The van der Waals surface area contributed by atoms with Crippen LogP contribution in [0.4, 0.5) is 11.4 Å². The number of aliphatic imine (C=N–C) groups is 1. The summed E-state index contributed by atoms with van der Waals surface area (Å²) in [4.78, 5) is 23.3. The van der Waals surface area contributed by atoms with Crippen molar-refractivity contribution in [3.8, 4) is 5.75 Å². The van der Waals surface area contributed by atoms with Crippen LogP contribution in [0.5, 0.6) is 5.75 Å². The Labute approximate surface area is 223 Å². The van der Waals surface area contributed by atoms with E-state index in [1.165, 1.54) is 23.0 Å². The zero-order valence-corrected chi connectivity index (χ0v) is 22.9. The topological polar surface area (TPSA) is 45.1 Å². The van der Waals surface area contributed by atoms with E-state index in [1.54, 1.807) is 12.0 Å². The zero-order chi connectivity index (χ0) is 26.2. The van der Waals surface area contributed by atoms with Gasteiger partial charge in [-0.2, -0.15) is 0 Å². The van der Waals surface area contributed by atoms with Gasteiger partial charge in [-0.05, 0) is 97.1 Å². The van der Waals surface area contributed by atoms with Gasteiger partial charge < -0.3 is 9.64 Å². The van der Waals surface area contributed by atoms with Crippen molar-refractivity contribution in [1.29, 1.82) is 0 Å². The van der Waals surface area contributed by atoms with Gasteiger partial charge >= 0.3 is 0 Å². The van der Waals surface area contributed by atoms with Gasteiger partial charge in [-0.25, -0.2) is 4.99 Å². The highest BCUT2D eigenvalue weighted by Gasteiger charge is 2.35. The molecule has 0 radical (unpaired) electrons. The maximum absolute atomic E-state index is 13.7. The van der Waals surface area contributed by atoms with E-state index in [4.69, 9.17) is 9.73 Å². The number of amides is 1. The number of carbonyl (C=O) groups excluding carboxylic acids is 1. The highest BCUT2D eigenvalue weighted by molar-refractivity contribution is 8.18. The Bertz CT molecular complexity index is 1360. The minimum absolute atomic E-state index is 0.0282. The Hall–Kier alpha value is -3.51. The molecule has 0 bridgehead atoms. The van der Waals surface area contributed by atoms with E-state index in [0.717, 1.165) is 29.0 Å². The molecule has 1 fully saturated rings. The molecule has 3 aromatic carbocycles. The third kappa shape index (κ3) is 5.16. The van der Waals surface area contributed by atoms with Gasteiger partial charge in [0.2, 0.25) is 0 Å². The fourth-order valence-electron chi connectivity index (χ4n) is 5.09. The average Bonchev–Trinajstić information content (AvgIpc) is 3.17. The van der Waals surface area contributed by atoms with Crippen LogP contribution in [0.3, 0.4) is 0 Å². The molecule has 1 amide bonds. The molecular weight excluding hydrogens is 478 g/mol. The fraction of sp³-hybridized carbons (Fsp3) is 0.290. The van der Waals surface area contributed by atoms with Crippen molar-refractivity contribution in [2.75, 3.05) is 19.1 Å². The third-order valence-electron chi connectivity index (χ3n) is 7.32. The molecule has 5 nitrogen and oxygen atoms in total. The Morgan fingerprint density at radius 1 is 1.08 bits per heavy atom.